The van der Waals surface area contributed by atoms with Gasteiger partial charge in [-0.1, -0.05) is 11.6 Å². The van der Waals surface area contributed by atoms with Crippen LogP contribution in [0.5, 0.6) is 0 Å². The number of fused-ring (bicyclic) bond motifs is 1. The molecule has 2 rings (SSSR count). The molecule has 0 saturated carbocycles. The molecule has 0 aliphatic rings. The summed E-state index contributed by atoms with van der Waals surface area (Å²) >= 11 is 5.85. The Balaban J connectivity index is 2.64. The van der Waals surface area contributed by atoms with Crippen molar-refractivity contribution in [1.29, 1.82) is 0 Å². The van der Waals surface area contributed by atoms with E-state index in [1.807, 2.05) is 6.92 Å². The molecule has 0 bridgehead atoms. The average Bonchev–Trinajstić information content (AvgIpc) is 2.22. The molecule has 0 saturated heterocycles. The zero-order chi connectivity index (χ0) is 11.7. The number of nitrogens with two attached hydrogens (primary N) is 1. The Bertz CT molecular complexity index is 577. The zero-order valence-corrected chi connectivity index (χ0v) is 9.61. The van der Waals surface area contributed by atoms with Gasteiger partial charge in [-0.05, 0) is 25.1 Å². The molecular weight excluding hydrogens is 226 g/mol. The highest BCUT2D eigenvalue weighted by Gasteiger charge is 2.05. The van der Waals surface area contributed by atoms with Crippen molar-refractivity contribution in [2.45, 2.75) is 19.5 Å². The number of hydrogen-bond acceptors (Lipinski definition) is 3. The maximum atomic E-state index is 12.0. The highest BCUT2D eigenvalue weighted by molar-refractivity contribution is 6.31. The lowest BCUT2D eigenvalue weighted by atomic mass is 10.2. The molecule has 0 fully saturated rings. The van der Waals surface area contributed by atoms with Crippen molar-refractivity contribution < 1.29 is 0 Å². The maximum Gasteiger partial charge on any atom is 0.261 e. The normalized spacial score (nSPS) is 12.9. The first-order valence-electron chi connectivity index (χ1n) is 4.98. The van der Waals surface area contributed by atoms with Gasteiger partial charge in [-0.3, -0.25) is 9.36 Å². The fraction of sp³-hybridized carbons (Fsp3) is 0.273. The Morgan fingerprint density at radius 3 is 3.00 bits per heavy atom. The number of benzene rings is 1. The first-order valence-corrected chi connectivity index (χ1v) is 5.36. The molecule has 1 unspecified atom stereocenters. The third-order valence-corrected chi connectivity index (χ3v) is 2.51. The number of nitrogens with zero attached hydrogens (tertiary/aromatic N) is 2. The van der Waals surface area contributed by atoms with Crippen LogP contribution < -0.4 is 11.3 Å². The molecule has 2 aromatic rings. The number of rotatable bonds is 2. The summed E-state index contributed by atoms with van der Waals surface area (Å²) in [6.07, 6.45) is 1.52. The van der Waals surface area contributed by atoms with Crippen LogP contribution >= 0.6 is 11.6 Å². The summed E-state index contributed by atoms with van der Waals surface area (Å²) in [6, 6.07) is 4.99. The summed E-state index contributed by atoms with van der Waals surface area (Å²) in [4.78, 5) is 16.2. The van der Waals surface area contributed by atoms with E-state index in [1.165, 1.54) is 10.9 Å². The van der Waals surface area contributed by atoms with Gasteiger partial charge in [0.15, 0.2) is 0 Å². The Kier molecular flexibility index (Phi) is 2.94. The van der Waals surface area contributed by atoms with Gasteiger partial charge in [0.2, 0.25) is 0 Å². The second kappa shape index (κ2) is 4.23. The van der Waals surface area contributed by atoms with E-state index >= 15 is 0 Å². The van der Waals surface area contributed by atoms with E-state index in [9.17, 15) is 4.79 Å². The molecule has 0 radical (unpaired) electrons. The molecule has 16 heavy (non-hydrogen) atoms. The molecular formula is C11H12ClN3O. The van der Waals surface area contributed by atoms with E-state index < -0.39 is 0 Å². The van der Waals surface area contributed by atoms with Gasteiger partial charge in [-0.15, -0.1) is 0 Å². The van der Waals surface area contributed by atoms with E-state index in [4.69, 9.17) is 17.3 Å². The predicted octanol–water partition coefficient (Wildman–Crippen LogP) is 1.40. The molecule has 0 aliphatic carbocycles. The van der Waals surface area contributed by atoms with Crippen LogP contribution in [0, 0.1) is 0 Å². The zero-order valence-electron chi connectivity index (χ0n) is 8.85. The Morgan fingerprint density at radius 2 is 2.31 bits per heavy atom. The van der Waals surface area contributed by atoms with Crippen molar-refractivity contribution in [2.75, 3.05) is 0 Å². The van der Waals surface area contributed by atoms with E-state index in [0.717, 1.165) is 0 Å². The maximum absolute atomic E-state index is 12.0. The Morgan fingerprint density at radius 1 is 1.56 bits per heavy atom. The molecule has 84 valence electrons. The van der Waals surface area contributed by atoms with Crippen molar-refractivity contribution in [1.82, 2.24) is 9.55 Å². The lowest BCUT2D eigenvalue weighted by Gasteiger charge is -2.08. The van der Waals surface area contributed by atoms with Gasteiger partial charge in [0, 0.05) is 17.6 Å². The van der Waals surface area contributed by atoms with Gasteiger partial charge >= 0.3 is 0 Å². The summed E-state index contributed by atoms with van der Waals surface area (Å²) in [5.41, 5.74) is 6.20. The predicted molar refractivity (Wildman–Crippen MR) is 64.7 cm³/mol. The summed E-state index contributed by atoms with van der Waals surface area (Å²) in [6.45, 7) is 2.29. The molecule has 5 heteroatoms. The molecule has 4 nitrogen and oxygen atoms in total. The minimum Gasteiger partial charge on any atom is -0.326 e. The second-order valence-electron chi connectivity index (χ2n) is 3.84. The largest absolute Gasteiger partial charge is 0.326 e. The topological polar surface area (TPSA) is 60.9 Å². The SMILES string of the molecule is CC(N)Cn1cnc2ccc(Cl)cc2c1=O. The van der Waals surface area contributed by atoms with Crippen LogP contribution in [0.2, 0.25) is 5.02 Å². The molecule has 2 N–H and O–H groups in total. The Hall–Kier alpha value is -1.39. The summed E-state index contributed by atoms with van der Waals surface area (Å²) in [7, 11) is 0. The van der Waals surface area contributed by atoms with Crippen molar-refractivity contribution in [2.24, 2.45) is 5.73 Å². The van der Waals surface area contributed by atoms with Crippen molar-refractivity contribution >= 4 is 22.5 Å². The summed E-state index contributed by atoms with van der Waals surface area (Å²) < 4.78 is 1.50. The average molecular weight is 238 g/mol. The molecule has 0 aliphatic heterocycles. The fourth-order valence-corrected chi connectivity index (χ4v) is 1.74. The van der Waals surface area contributed by atoms with Gasteiger partial charge < -0.3 is 5.73 Å². The minimum absolute atomic E-state index is 0.0869. The van der Waals surface area contributed by atoms with Gasteiger partial charge in [0.25, 0.3) is 5.56 Å². The Labute approximate surface area is 97.7 Å². The van der Waals surface area contributed by atoms with Gasteiger partial charge in [0.05, 0.1) is 17.2 Å². The van der Waals surface area contributed by atoms with Crippen LogP contribution in [-0.4, -0.2) is 15.6 Å². The lowest BCUT2D eigenvalue weighted by Crippen LogP contribution is -2.30. The first kappa shape index (κ1) is 11.1. The second-order valence-corrected chi connectivity index (χ2v) is 4.28. The molecule has 1 atom stereocenters. The standard InChI is InChI=1S/C11H12ClN3O/c1-7(13)5-15-6-14-10-3-2-8(12)4-9(10)11(15)16/h2-4,6-7H,5,13H2,1H3. The van der Waals surface area contributed by atoms with E-state index in [0.29, 0.717) is 22.5 Å². The number of hydrogen-bond donors (Lipinski definition) is 1. The smallest absolute Gasteiger partial charge is 0.261 e. The summed E-state index contributed by atoms with van der Waals surface area (Å²) in [5, 5.41) is 1.06. The van der Waals surface area contributed by atoms with Crippen LogP contribution in [0.25, 0.3) is 10.9 Å². The minimum atomic E-state index is -0.107. The molecule has 1 aromatic carbocycles. The monoisotopic (exact) mass is 237 g/mol. The molecule has 1 aromatic heterocycles. The van der Waals surface area contributed by atoms with Gasteiger partial charge in [0.1, 0.15) is 0 Å². The van der Waals surface area contributed by atoms with Crippen molar-refractivity contribution in [3.8, 4) is 0 Å². The van der Waals surface area contributed by atoms with Gasteiger partial charge in [-0.25, -0.2) is 4.98 Å². The van der Waals surface area contributed by atoms with Crippen LogP contribution in [0.4, 0.5) is 0 Å². The third-order valence-electron chi connectivity index (χ3n) is 2.27. The summed E-state index contributed by atoms with van der Waals surface area (Å²) in [5.74, 6) is 0. The van der Waals surface area contributed by atoms with Crippen LogP contribution in [-0.2, 0) is 6.54 Å². The highest BCUT2D eigenvalue weighted by atomic mass is 35.5. The quantitative estimate of drug-likeness (QED) is 0.859. The molecule has 0 spiro atoms. The van der Waals surface area contributed by atoms with E-state index in [1.54, 1.807) is 18.2 Å². The van der Waals surface area contributed by atoms with Crippen LogP contribution in [0.15, 0.2) is 29.3 Å². The van der Waals surface area contributed by atoms with Crippen molar-refractivity contribution in [3.05, 3.63) is 39.9 Å². The third kappa shape index (κ3) is 2.08. The number of halogens is 1. The lowest BCUT2D eigenvalue weighted by molar-refractivity contribution is 0.570. The van der Waals surface area contributed by atoms with Crippen LogP contribution in [0.1, 0.15) is 6.92 Å². The van der Waals surface area contributed by atoms with Crippen molar-refractivity contribution in [3.63, 3.8) is 0 Å². The first-order chi connectivity index (χ1) is 7.58. The van der Waals surface area contributed by atoms with E-state index in [-0.39, 0.29) is 11.6 Å². The fourth-order valence-electron chi connectivity index (χ4n) is 1.57. The molecule has 0 amide bonds. The highest BCUT2D eigenvalue weighted by Crippen LogP contribution is 2.13. The van der Waals surface area contributed by atoms with E-state index in [2.05, 4.69) is 4.98 Å². The number of aromatic nitrogens is 2. The van der Waals surface area contributed by atoms with Crippen LogP contribution in [0.3, 0.4) is 0 Å². The van der Waals surface area contributed by atoms with Gasteiger partial charge in [-0.2, -0.15) is 0 Å². The molecule has 1 heterocycles.